The van der Waals surface area contributed by atoms with E-state index in [1.807, 2.05) is 6.07 Å². The van der Waals surface area contributed by atoms with E-state index < -0.39 is 9.84 Å². The summed E-state index contributed by atoms with van der Waals surface area (Å²) in [5.74, 6) is 0.547. The second-order valence-corrected chi connectivity index (χ2v) is 6.31. The van der Waals surface area contributed by atoms with Gasteiger partial charge in [-0.2, -0.15) is 0 Å². The minimum Gasteiger partial charge on any atom is -0.481 e. The largest absolute Gasteiger partial charge is 0.481 e. The van der Waals surface area contributed by atoms with Crippen molar-refractivity contribution in [2.45, 2.75) is 11.4 Å². The summed E-state index contributed by atoms with van der Waals surface area (Å²) < 4.78 is 28.3. The average molecular weight is 292 g/mol. The lowest BCUT2D eigenvalue weighted by Crippen LogP contribution is -2.06. The van der Waals surface area contributed by atoms with Gasteiger partial charge in [-0.15, -0.1) is 0 Å². The van der Waals surface area contributed by atoms with Crippen molar-refractivity contribution in [1.29, 1.82) is 0 Å². The molecule has 1 aromatic heterocycles. The van der Waals surface area contributed by atoms with E-state index in [9.17, 15) is 8.42 Å². The van der Waals surface area contributed by atoms with Gasteiger partial charge in [-0.3, -0.25) is 0 Å². The molecule has 2 aromatic rings. The molecule has 106 valence electrons. The van der Waals surface area contributed by atoms with Gasteiger partial charge in [0.15, 0.2) is 9.84 Å². The van der Waals surface area contributed by atoms with E-state index in [1.165, 1.54) is 6.26 Å². The predicted octanol–water partition coefficient (Wildman–Crippen LogP) is 2.11. The first-order valence-electron chi connectivity index (χ1n) is 6.02. The van der Waals surface area contributed by atoms with E-state index in [0.717, 1.165) is 5.56 Å². The minimum absolute atomic E-state index is 0.293. The van der Waals surface area contributed by atoms with Crippen molar-refractivity contribution in [3.63, 3.8) is 0 Å². The highest BCUT2D eigenvalue weighted by Crippen LogP contribution is 2.21. The number of rotatable bonds is 5. The third-order valence-electron chi connectivity index (χ3n) is 2.78. The van der Waals surface area contributed by atoms with Gasteiger partial charge in [-0.05, 0) is 17.7 Å². The van der Waals surface area contributed by atoms with Crippen LogP contribution in [0.4, 0.5) is 5.69 Å². The Hall–Kier alpha value is -2.08. The number of sulfone groups is 1. The highest BCUT2D eigenvalue weighted by atomic mass is 32.2. The van der Waals surface area contributed by atoms with E-state index in [2.05, 4.69) is 10.3 Å². The molecule has 6 heteroatoms. The Bertz CT molecular complexity index is 682. The van der Waals surface area contributed by atoms with Crippen molar-refractivity contribution in [2.75, 3.05) is 18.7 Å². The molecular weight excluding hydrogens is 276 g/mol. The number of ether oxygens (including phenoxy) is 1. The second-order valence-electron chi connectivity index (χ2n) is 4.33. The molecule has 0 saturated carbocycles. The summed E-state index contributed by atoms with van der Waals surface area (Å²) in [7, 11) is -1.69. The number of anilines is 1. The fourth-order valence-corrected chi connectivity index (χ4v) is 2.63. The molecule has 1 N–H and O–H groups in total. The number of hydrogen-bond acceptors (Lipinski definition) is 5. The summed E-state index contributed by atoms with van der Waals surface area (Å²) in [4.78, 5) is 4.39. The second kappa shape index (κ2) is 5.92. The molecule has 20 heavy (non-hydrogen) atoms. The zero-order chi connectivity index (χ0) is 14.6. The standard InChI is InChI=1S/C14H16N2O3S/c1-19-14-8-7-11(10-16-14)9-15-12-5-3-4-6-13(12)20(2,17)18/h3-8,10,15H,9H2,1-2H3. The molecule has 0 bridgehead atoms. The first-order valence-corrected chi connectivity index (χ1v) is 7.92. The van der Waals surface area contributed by atoms with Gasteiger partial charge < -0.3 is 10.1 Å². The minimum atomic E-state index is -3.25. The van der Waals surface area contributed by atoms with Gasteiger partial charge in [-0.1, -0.05) is 18.2 Å². The van der Waals surface area contributed by atoms with Crippen LogP contribution in [-0.2, 0) is 16.4 Å². The molecule has 1 aromatic carbocycles. The molecule has 0 saturated heterocycles. The molecular formula is C14H16N2O3S. The van der Waals surface area contributed by atoms with E-state index in [0.29, 0.717) is 23.0 Å². The molecule has 0 unspecified atom stereocenters. The number of benzene rings is 1. The molecule has 0 aliphatic carbocycles. The van der Waals surface area contributed by atoms with Crippen LogP contribution in [0.1, 0.15) is 5.56 Å². The average Bonchev–Trinajstić information content (AvgIpc) is 2.45. The number of aromatic nitrogens is 1. The number of pyridine rings is 1. The van der Waals surface area contributed by atoms with Crippen LogP contribution >= 0.6 is 0 Å². The maximum absolute atomic E-state index is 11.7. The summed E-state index contributed by atoms with van der Waals surface area (Å²) in [6.45, 7) is 0.490. The summed E-state index contributed by atoms with van der Waals surface area (Å²) >= 11 is 0. The first-order chi connectivity index (χ1) is 9.50. The molecule has 0 atom stereocenters. The van der Waals surface area contributed by atoms with Crippen LogP contribution in [0.3, 0.4) is 0 Å². The van der Waals surface area contributed by atoms with Crippen LogP contribution in [-0.4, -0.2) is 26.8 Å². The first kappa shape index (κ1) is 14.3. The predicted molar refractivity (Wildman–Crippen MR) is 77.7 cm³/mol. The number of nitrogens with zero attached hydrogens (tertiary/aromatic N) is 1. The van der Waals surface area contributed by atoms with Crippen LogP contribution in [0.2, 0.25) is 0 Å². The Morgan fingerprint density at radius 1 is 1.20 bits per heavy atom. The molecule has 0 aliphatic heterocycles. The van der Waals surface area contributed by atoms with Crippen molar-refractivity contribution in [3.05, 3.63) is 48.2 Å². The van der Waals surface area contributed by atoms with E-state index in [4.69, 9.17) is 4.74 Å². The smallest absolute Gasteiger partial charge is 0.212 e. The Morgan fingerprint density at radius 2 is 1.95 bits per heavy atom. The lowest BCUT2D eigenvalue weighted by Gasteiger charge is -2.10. The zero-order valence-electron chi connectivity index (χ0n) is 11.3. The Labute approximate surface area is 118 Å². The zero-order valence-corrected chi connectivity index (χ0v) is 12.1. The molecule has 1 heterocycles. The maximum Gasteiger partial charge on any atom is 0.212 e. The van der Waals surface area contributed by atoms with E-state index >= 15 is 0 Å². The normalized spacial score (nSPS) is 11.1. The Balaban J connectivity index is 2.15. The van der Waals surface area contributed by atoms with Gasteiger partial charge in [0, 0.05) is 25.1 Å². The third-order valence-corrected chi connectivity index (χ3v) is 3.93. The lowest BCUT2D eigenvalue weighted by atomic mass is 10.2. The van der Waals surface area contributed by atoms with Gasteiger partial charge in [0.1, 0.15) is 0 Å². The fraction of sp³-hybridized carbons (Fsp3) is 0.214. The molecule has 0 amide bonds. The highest BCUT2D eigenvalue weighted by Gasteiger charge is 2.11. The third kappa shape index (κ3) is 3.48. The van der Waals surface area contributed by atoms with Crippen molar-refractivity contribution >= 4 is 15.5 Å². The molecule has 2 rings (SSSR count). The van der Waals surface area contributed by atoms with Crippen molar-refractivity contribution in [3.8, 4) is 5.88 Å². The van der Waals surface area contributed by atoms with Gasteiger partial charge in [-0.25, -0.2) is 13.4 Å². The van der Waals surface area contributed by atoms with Gasteiger partial charge in [0.2, 0.25) is 5.88 Å². The number of nitrogens with one attached hydrogen (secondary N) is 1. The topological polar surface area (TPSA) is 68.3 Å². The van der Waals surface area contributed by atoms with Crippen LogP contribution in [0.25, 0.3) is 0 Å². The number of methoxy groups -OCH3 is 1. The highest BCUT2D eigenvalue weighted by molar-refractivity contribution is 7.90. The van der Waals surface area contributed by atoms with Crippen molar-refractivity contribution < 1.29 is 13.2 Å². The Morgan fingerprint density at radius 3 is 2.55 bits per heavy atom. The van der Waals surface area contributed by atoms with Crippen LogP contribution in [0.5, 0.6) is 5.88 Å². The summed E-state index contributed by atoms with van der Waals surface area (Å²) in [5, 5.41) is 3.11. The van der Waals surface area contributed by atoms with E-state index in [1.54, 1.807) is 43.6 Å². The van der Waals surface area contributed by atoms with Crippen molar-refractivity contribution in [1.82, 2.24) is 4.98 Å². The lowest BCUT2D eigenvalue weighted by molar-refractivity contribution is 0.397. The quantitative estimate of drug-likeness (QED) is 0.914. The van der Waals surface area contributed by atoms with Crippen molar-refractivity contribution in [2.24, 2.45) is 0 Å². The number of para-hydroxylation sites is 1. The fourth-order valence-electron chi connectivity index (χ4n) is 1.77. The maximum atomic E-state index is 11.7. The van der Waals surface area contributed by atoms with Crippen LogP contribution in [0, 0.1) is 0 Å². The molecule has 5 nitrogen and oxygen atoms in total. The SMILES string of the molecule is COc1ccc(CNc2ccccc2S(C)(=O)=O)cn1. The molecule has 0 spiro atoms. The summed E-state index contributed by atoms with van der Waals surface area (Å²) in [5.41, 5.74) is 1.53. The Kier molecular flexibility index (Phi) is 4.24. The molecule has 0 fully saturated rings. The van der Waals surface area contributed by atoms with E-state index in [-0.39, 0.29) is 0 Å². The summed E-state index contributed by atoms with van der Waals surface area (Å²) in [6.07, 6.45) is 2.89. The molecule has 0 aliphatic rings. The summed E-state index contributed by atoms with van der Waals surface area (Å²) in [6, 6.07) is 10.5. The van der Waals surface area contributed by atoms with Crippen LogP contribution in [0.15, 0.2) is 47.5 Å². The van der Waals surface area contributed by atoms with Gasteiger partial charge in [0.05, 0.1) is 17.7 Å². The molecule has 0 radical (unpaired) electrons. The van der Waals surface area contributed by atoms with Crippen LogP contribution < -0.4 is 10.1 Å². The monoisotopic (exact) mass is 292 g/mol. The van der Waals surface area contributed by atoms with Gasteiger partial charge in [0.25, 0.3) is 0 Å². The number of hydrogen-bond donors (Lipinski definition) is 1. The van der Waals surface area contributed by atoms with Gasteiger partial charge >= 0.3 is 0 Å².